The zero-order valence-electron chi connectivity index (χ0n) is 12.8. The largest absolute Gasteiger partial charge is 0.312 e. The van der Waals surface area contributed by atoms with Gasteiger partial charge < -0.3 is 5.32 Å². The highest BCUT2D eigenvalue weighted by atomic mass is 15.2. The van der Waals surface area contributed by atoms with E-state index in [9.17, 15) is 0 Å². The van der Waals surface area contributed by atoms with Crippen LogP contribution in [-0.4, -0.2) is 36.1 Å². The molecule has 0 radical (unpaired) electrons. The number of hydrogen-bond acceptors (Lipinski definition) is 2. The highest BCUT2D eigenvalue weighted by molar-refractivity contribution is 5.07. The molecule has 110 valence electrons. The molecule has 2 heteroatoms. The lowest BCUT2D eigenvalue weighted by Gasteiger charge is -2.53. The third-order valence-corrected chi connectivity index (χ3v) is 6.08. The maximum absolute atomic E-state index is 3.92. The molecular formula is C17H32N2. The summed E-state index contributed by atoms with van der Waals surface area (Å²) in [5, 5.41) is 3.92. The minimum absolute atomic E-state index is 0.529. The minimum atomic E-state index is 0.529. The predicted molar refractivity (Wildman–Crippen MR) is 81.4 cm³/mol. The van der Waals surface area contributed by atoms with Crippen LogP contribution in [0.2, 0.25) is 0 Å². The molecule has 0 spiro atoms. The van der Waals surface area contributed by atoms with Crippen LogP contribution >= 0.6 is 0 Å². The van der Waals surface area contributed by atoms with Crippen molar-refractivity contribution >= 4 is 0 Å². The summed E-state index contributed by atoms with van der Waals surface area (Å²) in [5.41, 5.74) is 0.529. The van der Waals surface area contributed by atoms with Crippen molar-refractivity contribution in [3.8, 4) is 0 Å². The highest BCUT2D eigenvalue weighted by Crippen LogP contribution is 2.45. The van der Waals surface area contributed by atoms with E-state index < -0.39 is 0 Å². The van der Waals surface area contributed by atoms with Crippen molar-refractivity contribution in [1.29, 1.82) is 0 Å². The molecule has 0 aromatic heterocycles. The summed E-state index contributed by atoms with van der Waals surface area (Å²) >= 11 is 0. The van der Waals surface area contributed by atoms with Crippen LogP contribution in [0.3, 0.4) is 0 Å². The van der Waals surface area contributed by atoms with Crippen LogP contribution in [0, 0.1) is 5.92 Å². The molecule has 0 aromatic rings. The van der Waals surface area contributed by atoms with Crippen LogP contribution < -0.4 is 5.32 Å². The van der Waals surface area contributed by atoms with Gasteiger partial charge in [0.05, 0.1) is 0 Å². The van der Waals surface area contributed by atoms with Crippen LogP contribution in [0.4, 0.5) is 0 Å². The molecule has 2 aliphatic carbocycles. The Labute approximate surface area is 119 Å². The average Bonchev–Trinajstić information content (AvgIpc) is 2.88. The van der Waals surface area contributed by atoms with E-state index in [4.69, 9.17) is 0 Å². The second kappa shape index (κ2) is 6.13. The molecule has 0 amide bonds. The van der Waals surface area contributed by atoms with Gasteiger partial charge in [-0.1, -0.05) is 32.6 Å². The molecular weight excluding hydrogens is 232 g/mol. The Morgan fingerprint density at radius 1 is 1.00 bits per heavy atom. The van der Waals surface area contributed by atoms with Crippen LogP contribution in [-0.2, 0) is 0 Å². The van der Waals surface area contributed by atoms with Gasteiger partial charge in [0.25, 0.3) is 0 Å². The molecule has 1 aliphatic heterocycles. The van der Waals surface area contributed by atoms with Gasteiger partial charge in [-0.05, 0) is 64.1 Å². The van der Waals surface area contributed by atoms with Gasteiger partial charge in [0.15, 0.2) is 0 Å². The monoisotopic (exact) mass is 264 g/mol. The second-order valence-electron chi connectivity index (χ2n) is 7.08. The van der Waals surface area contributed by atoms with E-state index in [0.717, 1.165) is 18.5 Å². The molecule has 1 saturated heterocycles. The molecule has 3 fully saturated rings. The van der Waals surface area contributed by atoms with Crippen LogP contribution in [0.15, 0.2) is 0 Å². The van der Waals surface area contributed by atoms with Crippen molar-refractivity contribution in [2.75, 3.05) is 19.6 Å². The summed E-state index contributed by atoms with van der Waals surface area (Å²) in [6.45, 7) is 6.19. The third-order valence-electron chi connectivity index (χ3n) is 6.08. The maximum atomic E-state index is 3.92. The van der Waals surface area contributed by atoms with E-state index in [2.05, 4.69) is 17.1 Å². The lowest BCUT2D eigenvalue weighted by molar-refractivity contribution is 0.00235. The summed E-state index contributed by atoms with van der Waals surface area (Å²) in [5.74, 6) is 0.972. The van der Waals surface area contributed by atoms with Crippen molar-refractivity contribution in [3.63, 3.8) is 0 Å². The lowest BCUT2D eigenvalue weighted by Crippen LogP contribution is -2.64. The summed E-state index contributed by atoms with van der Waals surface area (Å²) < 4.78 is 0. The average molecular weight is 264 g/mol. The summed E-state index contributed by atoms with van der Waals surface area (Å²) in [6.07, 6.45) is 14.6. The molecule has 19 heavy (non-hydrogen) atoms. The van der Waals surface area contributed by atoms with Gasteiger partial charge in [-0.3, -0.25) is 4.90 Å². The summed E-state index contributed by atoms with van der Waals surface area (Å²) in [6, 6.07) is 0.784. The van der Waals surface area contributed by atoms with Gasteiger partial charge in [0.1, 0.15) is 0 Å². The standard InChI is InChI=1S/C17H32N2/c1-2-18-16(15-9-8-10-15)17(11-4-5-12-17)19-13-6-3-7-14-19/h15-16,18H,2-14H2,1H3. The summed E-state index contributed by atoms with van der Waals surface area (Å²) in [7, 11) is 0. The lowest BCUT2D eigenvalue weighted by atomic mass is 9.69. The molecule has 1 atom stereocenters. The fraction of sp³-hybridized carbons (Fsp3) is 1.00. The van der Waals surface area contributed by atoms with Gasteiger partial charge in [-0.15, -0.1) is 0 Å². The molecule has 3 aliphatic rings. The van der Waals surface area contributed by atoms with E-state index in [1.807, 2.05) is 0 Å². The Kier molecular flexibility index (Phi) is 4.48. The molecule has 3 rings (SSSR count). The predicted octanol–water partition coefficient (Wildman–Crippen LogP) is 3.56. The second-order valence-corrected chi connectivity index (χ2v) is 7.08. The minimum Gasteiger partial charge on any atom is -0.312 e. The number of nitrogens with one attached hydrogen (secondary N) is 1. The maximum Gasteiger partial charge on any atom is 0.0365 e. The quantitative estimate of drug-likeness (QED) is 0.817. The smallest absolute Gasteiger partial charge is 0.0365 e. The zero-order chi connectivity index (χ0) is 13.1. The number of hydrogen-bond donors (Lipinski definition) is 1. The molecule has 0 aromatic carbocycles. The molecule has 1 N–H and O–H groups in total. The van der Waals surface area contributed by atoms with Crippen molar-refractivity contribution in [1.82, 2.24) is 10.2 Å². The normalized spacial score (nSPS) is 30.2. The Morgan fingerprint density at radius 2 is 1.68 bits per heavy atom. The van der Waals surface area contributed by atoms with E-state index in [1.54, 1.807) is 0 Å². The Bertz CT molecular complexity index is 273. The molecule has 1 heterocycles. The van der Waals surface area contributed by atoms with Crippen molar-refractivity contribution in [2.24, 2.45) is 5.92 Å². The van der Waals surface area contributed by atoms with E-state index in [0.29, 0.717) is 5.54 Å². The molecule has 2 nitrogen and oxygen atoms in total. The Balaban J connectivity index is 1.79. The first-order chi connectivity index (χ1) is 9.37. The first-order valence-electron chi connectivity index (χ1n) is 8.85. The highest BCUT2D eigenvalue weighted by Gasteiger charge is 2.49. The third kappa shape index (κ3) is 2.58. The fourth-order valence-corrected chi connectivity index (χ4v) is 4.94. The van der Waals surface area contributed by atoms with Crippen molar-refractivity contribution < 1.29 is 0 Å². The van der Waals surface area contributed by atoms with Gasteiger partial charge in [0.2, 0.25) is 0 Å². The van der Waals surface area contributed by atoms with E-state index in [-0.39, 0.29) is 0 Å². The van der Waals surface area contributed by atoms with Gasteiger partial charge in [-0.2, -0.15) is 0 Å². The molecule has 0 bridgehead atoms. The number of likely N-dealkylation sites (N-methyl/N-ethyl adjacent to an activating group) is 1. The van der Waals surface area contributed by atoms with Crippen molar-refractivity contribution in [2.45, 2.75) is 82.7 Å². The van der Waals surface area contributed by atoms with Crippen LogP contribution in [0.1, 0.15) is 71.1 Å². The Hall–Kier alpha value is -0.0800. The van der Waals surface area contributed by atoms with Crippen LogP contribution in [0.5, 0.6) is 0 Å². The van der Waals surface area contributed by atoms with Gasteiger partial charge >= 0.3 is 0 Å². The van der Waals surface area contributed by atoms with Crippen LogP contribution in [0.25, 0.3) is 0 Å². The number of nitrogens with zero attached hydrogens (tertiary/aromatic N) is 1. The van der Waals surface area contributed by atoms with E-state index in [1.165, 1.54) is 77.3 Å². The first kappa shape index (κ1) is 13.9. The fourth-order valence-electron chi connectivity index (χ4n) is 4.94. The van der Waals surface area contributed by atoms with Gasteiger partial charge in [-0.25, -0.2) is 0 Å². The Morgan fingerprint density at radius 3 is 2.21 bits per heavy atom. The summed E-state index contributed by atoms with van der Waals surface area (Å²) in [4.78, 5) is 2.91. The number of piperidine rings is 1. The van der Waals surface area contributed by atoms with Crippen molar-refractivity contribution in [3.05, 3.63) is 0 Å². The number of rotatable bonds is 5. The van der Waals surface area contributed by atoms with E-state index >= 15 is 0 Å². The number of likely N-dealkylation sites (tertiary alicyclic amines) is 1. The first-order valence-corrected chi connectivity index (χ1v) is 8.85. The molecule has 2 saturated carbocycles. The van der Waals surface area contributed by atoms with Gasteiger partial charge in [0, 0.05) is 11.6 Å². The SMILES string of the molecule is CCNC(C1CCC1)C1(N2CCCCC2)CCCC1. The zero-order valence-corrected chi connectivity index (χ0v) is 12.8. The topological polar surface area (TPSA) is 15.3 Å². The molecule has 1 unspecified atom stereocenters.